The molecule has 0 aliphatic heterocycles. The summed E-state index contributed by atoms with van der Waals surface area (Å²) in [6.45, 7) is 0.121. The van der Waals surface area contributed by atoms with E-state index in [9.17, 15) is 9.90 Å². The summed E-state index contributed by atoms with van der Waals surface area (Å²) < 4.78 is 5.78. The number of carbonyl (C=O) groups excluding carboxylic acids is 1. The summed E-state index contributed by atoms with van der Waals surface area (Å²) in [6, 6.07) is 6.82. The number of amides is 1. The predicted molar refractivity (Wildman–Crippen MR) is 77.2 cm³/mol. The lowest BCUT2D eigenvalue weighted by Gasteiger charge is -2.09. The lowest BCUT2D eigenvalue weighted by atomic mass is 10.3. The van der Waals surface area contributed by atoms with Crippen molar-refractivity contribution in [2.24, 2.45) is 0 Å². The highest BCUT2D eigenvalue weighted by Gasteiger charge is 2.14. The Morgan fingerprint density at radius 1 is 1.50 bits per heavy atom. The van der Waals surface area contributed by atoms with Gasteiger partial charge in [-0.05, 0) is 12.1 Å². The Morgan fingerprint density at radius 2 is 2.35 bits per heavy atom. The zero-order valence-electron chi connectivity index (χ0n) is 10.2. The SMILES string of the molecule is O=C(NCC(O)c1ccc(Cl)s1)c1cc2occc2[nH]1. The van der Waals surface area contributed by atoms with E-state index in [0.29, 0.717) is 15.6 Å². The molecule has 1 amide bonds. The average molecular weight is 311 g/mol. The normalized spacial score (nSPS) is 12.7. The van der Waals surface area contributed by atoms with Crippen molar-refractivity contribution in [3.8, 4) is 0 Å². The molecule has 20 heavy (non-hydrogen) atoms. The summed E-state index contributed by atoms with van der Waals surface area (Å²) in [5.74, 6) is -0.293. The molecule has 0 saturated heterocycles. The van der Waals surface area contributed by atoms with Gasteiger partial charge in [0.15, 0.2) is 5.58 Å². The molecule has 0 bridgehead atoms. The smallest absolute Gasteiger partial charge is 0.267 e. The first kappa shape index (κ1) is 13.2. The van der Waals surface area contributed by atoms with Crippen LogP contribution in [0.25, 0.3) is 11.1 Å². The third-order valence-electron chi connectivity index (χ3n) is 2.86. The number of aliphatic hydroxyl groups excluding tert-OH is 1. The summed E-state index contributed by atoms with van der Waals surface area (Å²) >= 11 is 7.09. The molecule has 0 aliphatic rings. The molecule has 0 fully saturated rings. The number of nitrogens with one attached hydrogen (secondary N) is 2. The van der Waals surface area contributed by atoms with Gasteiger partial charge in [-0.2, -0.15) is 0 Å². The first-order valence-electron chi connectivity index (χ1n) is 5.91. The number of halogens is 1. The molecule has 1 atom stereocenters. The van der Waals surface area contributed by atoms with E-state index in [2.05, 4.69) is 10.3 Å². The maximum atomic E-state index is 11.9. The van der Waals surface area contributed by atoms with Crippen molar-refractivity contribution < 1.29 is 14.3 Å². The van der Waals surface area contributed by atoms with Crippen molar-refractivity contribution in [3.63, 3.8) is 0 Å². The largest absolute Gasteiger partial charge is 0.463 e. The topological polar surface area (TPSA) is 78.3 Å². The second-order valence-electron chi connectivity index (χ2n) is 4.25. The Balaban J connectivity index is 1.63. The molecule has 1 unspecified atom stereocenters. The third kappa shape index (κ3) is 2.58. The lowest BCUT2D eigenvalue weighted by Crippen LogP contribution is -2.28. The van der Waals surface area contributed by atoms with E-state index in [1.54, 1.807) is 30.5 Å². The van der Waals surface area contributed by atoms with Gasteiger partial charge in [0.05, 0.1) is 16.1 Å². The van der Waals surface area contributed by atoms with Crippen LogP contribution >= 0.6 is 22.9 Å². The van der Waals surface area contributed by atoms with Crippen LogP contribution in [0.4, 0.5) is 0 Å². The Bertz CT molecular complexity index is 717. The second-order valence-corrected chi connectivity index (χ2v) is 6.00. The molecule has 5 nitrogen and oxygen atoms in total. The summed E-state index contributed by atoms with van der Waals surface area (Å²) in [7, 11) is 0. The summed E-state index contributed by atoms with van der Waals surface area (Å²) in [6.07, 6.45) is 0.780. The fourth-order valence-corrected chi connectivity index (χ4v) is 2.91. The van der Waals surface area contributed by atoms with Crippen LogP contribution in [-0.4, -0.2) is 22.5 Å². The van der Waals surface area contributed by atoms with Crippen LogP contribution < -0.4 is 5.32 Å². The number of hydrogen-bond acceptors (Lipinski definition) is 4. The number of aromatic nitrogens is 1. The lowest BCUT2D eigenvalue weighted by molar-refractivity contribution is 0.0914. The summed E-state index contributed by atoms with van der Waals surface area (Å²) in [5.41, 5.74) is 1.79. The van der Waals surface area contributed by atoms with E-state index in [0.717, 1.165) is 10.4 Å². The standard InChI is InChI=1S/C13H11ClN2O3S/c14-12-2-1-11(20-12)9(17)6-15-13(18)8-5-10-7(16-8)3-4-19-10/h1-5,9,16-17H,6H2,(H,15,18). The van der Waals surface area contributed by atoms with Gasteiger partial charge in [-0.15, -0.1) is 11.3 Å². The van der Waals surface area contributed by atoms with Crippen molar-refractivity contribution >= 4 is 39.9 Å². The Hall–Kier alpha value is -1.76. The monoisotopic (exact) mass is 310 g/mol. The summed E-state index contributed by atoms with van der Waals surface area (Å²) in [5, 5.41) is 12.6. The van der Waals surface area contributed by atoms with Crippen LogP contribution in [-0.2, 0) is 0 Å². The van der Waals surface area contributed by atoms with Gasteiger partial charge in [-0.1, -0.05) is 11.6 Å². The quantitative estimate of drug-likeness (QED) is 0.693. The van der Waals surface area contributed by atoms with E-state index in [1.165, 1.54) is 11.3 Å². The van der Waals surface area contributed by atoms with Gasteiger partial charge in [0.1, 0.15) is 11.8 Å². The van der Waals surface area contributed by atoms with Gasteiger partial charge < -0.3 is 19.8 Å². The second kappa shape index (κ2) is 5.32. The van der Waals surface area contributed by atoms with Gasteiger partial charge in [0.2, 0.25) is 0 Å². The molecule has 3 aromatic rings. The van der Waals surface area contributed by atoms with Crippen molar-refractivity contribution in [3.05, 3.63) is 45.4 Å². The minimum Gasteiger partial charge on any atom is -0.463 e. The van der Waals surface area contributed by atoms with Crippen LogP contribution in [0.2, 0.25) is 4.34 Å². The van der Waals surface area contributed by atoms with Gasteiger partial charge in [-0.3, -0.25) is 4.79 Å². The molecule has 0 spiro atoms. The van der Waals surface area contributed by atoms with E-state index in [4.69, 9.17) is 16.0 Å². The number of hydrogen-bond donors (Lipinski definition) is 3. The van der Waals surface area contributed by atoms with E-state index in [1.807, 2.05) is 0 Å². The Morgan fingerprint density at radius 3 is 3.05 bits per heavy atom. The molecular formula is C13H11ClN2O3S. The minimum atomic E-state index is -0.769. The van der Waals surface area contributed by atoms with Crippen molar-refractivity contribution in [1.29, 1.82) is 0 Å². The number of fused-ring (bicyclic) bond motifs is 1. The van der Waals surface area contributed by atoms with Gasteiger partial charge >= 0.3 is 0 Å². The van der Waals surface area contributed by atoms with Crippen LogP contribution in [0.5, 0.6) is 0 Å². The van der Waals surface area contributed by atoms with Gasteiger partial charge in [-0.25, -0.2) is 0 Å². The maximum absolute atomic E-state index is 11.9. The maximum Gasteiger partial charge on any atom is 0.267 e. The minimum absolute atomic E-state index is 0.121. The first-order valence-corrected chi connectivity index (χ1v) is 7.10. The van der Waals surface area contributed by atoms with Crippen molar-refractivity contribution in [2.45, 2.75) is 6.10 Å². The molecule has 0 aromatic carbocycles. The molecule has 0 aliphatic carbocycles. The van der Waals surface area contributed by atoms with Gasteiger partial charge in [0.25, 0.3) is 5.91 Å². The number of furan rings is 1. The van der Waals surface area contributed by atoms with Crippen LogP contribution in [0, 0.1) is 0 Å². The number of H-pyrrole nitrogens is 1. The van der Waals surface area contributed by atoms with Gasteiger partial charge in [0, 0.05) is 23.6 Å². The van der Waals surface area contributed by atoms with E-state index < -0.39 is 6.10 Å². The molecule has 3 heterocycles. The number of carbonyl (C=O) groups is 1. The zero-order valence-corrected chi connectivity index (χ0v) is 11.8. The molecular weight excluding hydrogens is 300 g/mol. The van der Waals surface area contributed by atoms with E-state index in [-0.39, 0.29) is 12.5 Å². The predicted octanol–water partition coefficient (Wildman–Crippen LogP) is 2.94. The highest BCUT2D eigenvalue weighted by molar-refractivity contribution is 7.16. The fraction of sp³-hybridized carbons (Fsp3) is 0.154. The zero-order chi connectivity index (χ0) is 14.1. The molecule has 0 saturated carbocycles. The van der Waals surface area contributed by atoms with Crippen LogP contribution in [0.1, 0.15) is 21.5 Å². The van der Waals surface area contributed by atoms with E-state index >= 15 is 0 Å². The average Bonchev–Trinajstić information content (AvgIpc) is 3.09. The summed E-state index contributed by atoms with van der Waals surface area (Å²) in [4.78, 5) is 15.6. The third-order valence-corrected chi connectivity index (χ3v) is 4.20. The number of rotatable bonds is 4. The Labute approximate surface area is 123 Å². The number of aliphatic hydroxyl groups is 1. The fourth-order valence-electron chi connectivity index (χ4n) is 1.86. The highest BCUT2D eigenvalue weighted by atomic mass is 35.5. The molecule has 3 N–H and O–H groups in total. The molecule has 3 aromatic heterocycles. The molecule has 0 radical (unpaired) electrons. The Kier molecular flexibility index (Phi) is 3.52. The number of thiophene rings is 1. The molecule has 7 heteroatoms. The van der Waals surface area contributed by atoms with Crippen molar-refractivity contribution in [1.82, 2.24) is 10.3 Å². The molecule has 104 valence electrons. The first-order chi connectivity index (χ1) is 9.63. The number of aromatic amines is 1. The van der Waals surface area contributed by atoms with Crippen molar-refractivity contribution in [2.75, 3.05) is 6.54 Å². The van der Waals surface area contributed by atoms with Crippen LogP contribution in [0.15, 0.2) is 34.9 Å². The molecule has 3 rings (SSSR count). The highest BCUT2D eigenvalue weighted by Crippen LogP contribution is 2.26. The van der Waals surface area contributed by atoms with Crippen LogP contribution in [0.3, 0.4) is 0 Å².